The Morgan fingerprint density at radius 3 is 2.25 bits per heavy atom. The number of carboxylic acids is 2. The molecule has 0 aromatic rings. The summed E-state index contributed by atoms with van der Waals surface area (Å²) >= 11 is 1.25. The van der Waals surface area contributed by atoms with E-state index in [-0.39, 0.29) is 11.8 Å². The van der Waals surface area contributed by atoms with Gasteiger partial charge in [-0.1, -0.05) is 46.5 Å². The first-order valence-corrected chi connectivity index (χ1v) is 8.39. The third-order valence-electron chi connectivity index (χ3n) is 3.44. The van der Waals surface area contributed by atoms with Crippen LogP contribution in [0.3, 0.4) is 0 Å². The van der Waals surface area contributed by atoms with Gasteiger partial charge in [-0.25, -0.2) is 0 Å². The number of thioether (sulfide) groups is 1. The van der Waals surface area contributed by atoms with Gasteiger partial charge in [0.25, 0.3) is 0 Å². The summed E-state index contributed by atoms with van der Waals surface area (Å²) in [5.74, 6) is -1.38. The second-order valence-corrected chi connectivity index (χ2v) is 7.33. The van der Waals surface area contributed by atoms with Gasteiger partial charge in [0.1, 0.15) is 5.25 Å². The minimum absolute atomic E-state index is 0.201. The summed E-state index contributed by atoms with van der Waals surface area (Å²) in [6, 6.07) is 0. The molecule has 0 bridgehead atoms. The van der Waals surface area contributed by atoms with Gasteiger partial charge in [0, 0.05) is 0 Å². The number of rotatable bonds is 12. The minimum Gasteiger partial charge on any atom is -0.481 e. The van der Waals surface area contributed by atoms with Crippen molar-refractivity contribution in [1.29, 1.82) is 0 Å². The molecule has 0 spiro atoms. The predicted molar refractivity (Wildman–Crippen MR) is 83.3 cm³/mol. The van der Waals surface area contributed by atoms with Crippen LogP contribution in [0.25, 0.3) is 0 Å². The first-order chi connectivity index (χ1) is 9.28. The van der Waals surface area contributed by atoms with Gasteiger partial charge in [0.2, 0.25) is 0 Å². The van der Waals surface area contributed by atoms with Gasteiger partial charge in [0.05, 0.1) is 6.42 Å². The zero-order chi connectivity index (χ0) is 15.6. The summed E-state index contributed by atoms with van der Waals surface area (Å²) in [6.07, 6.45) is 6.72. The van der Waals surface area contributed by atoms with Crippen molar-refractivity contribution in [2.45, 2.75) is 71.0 Å². The van der Waals surface area contributed by atoms with Gasteiger partial charge in [-0.05, 0) is 24.0 Å². The Labute approximate surface area is 126 Å². The number of hydrogen-bond donors (Lipinski definition) is 2. The van der Waals surface area contributed by atoms with Crippen molar-refractivity contribution in [2.75, 3.05) is 5.75 Å². The number of unbranched alkanes of at least 4 members (excludes halogenated alkanes) is 3. The van der Waals surface area contributed by atoms with Gasteiger partial charge in [-0.2, -0.15) is 0 Å². The Kier molecular flexibility index (Phi) is 9.72. The average Bonchev–Trinajstić information content (AvgIpc) is 2.32. The summed E-state index contributed by atoms with van der Waals surface area (Å²) < 4.78 is 0. The minimum atomic E-state index is -1.05. The van der Waals surface area contributed by atoms with Gasteiger partial charge in [-0.3, -0.25) is 9.59 Å². The molecule has 0 aromatic carbocycles. The zero-order valence-electron chi connectivity index (χ0n) is 12.9. The van der Waals surface area contributed by atoms with Crippen molar-refractivity contribution >= 4 is 23.7 Å². The second kappa shape index (κ2) is 10.1. The molecule has 0 saturated heterocycles. The van der Waals surface area contributed by atoms with Crippen molar-refractivity contribution in [1.82, 2.24) is 0 Å². The molecular weight excluding hydrogens is 276 g/mol. The van der Waals surface area contributed by atoms with Crippen LogP contribution in [0.1, 0.15) is 65.7 Å². The van der Waals surface area contributed by atoms with Crippen molar-refractivity contribution in [3.63, 3.8) is 0 Å². The molecule has 0 fully saturated rings. The molecule has 20 heavy (non-hydrogen) atoms. The topological polar surface area (TPSA) is 74.6 Å². The molecule has 0 saturated carbocycles. The average molecular weight is 304 g/mol. The first-order valence-electron chi connectivity index (χ1n) is 7.34. The third kappa shape index (κ3) is 10.1. The number of carboxylic acid groups (broad SMARTS) is 2. The van der Waals surface area contributed by atoms with Crippen LogP contribution >= 0.6 is 11.8 Å². The maximum absolute atomic E-state index is 11.0. The summed E-state index contributed by atoms with van der Waals surface area (Å²) in [5, 5.41) is 16.8. The number of carbonyl (C=O) groups is 2. The molecule has 118 valence electrons. The van der Waals surface area contributed by atoms with E-state index in [1.807, 2.05) is 0 Å². The Hall–Kier alpha value is -0.710. The quantitative estimate of drug-likeness (QED) is 0.532. The molecular formula is C15H28O4S. The summed E-state index contributed by atoms with van der Waals surface area (Å²) in [6.45, 7) is 6.59. The van der Waals surface area contributed by atoms with Gasteiger partial charge in [-0.15, -0.1) is 11.8 Å². The fourth-order valence-electron chi connectivity index (χ4n) is 2.01. The first kappa shape index (κ1) is 19.3. The summed E-state index contributed by atoms with van der Waals surface area (Å²) in [5.41, 5.74) is 0.201. The van der Waals surface area contributed by atoms with E-state index in [1.165, 1.54) is 37.4 Å². The fraction of sp³-hybridized carbons (Fsp3) is 0.867. The van der Waals surface area contributed by atoms with E-state index in [0.29, 0.717) is 5.75 Å². The number of aliphatic carboxylic acids is 2. The molecule has 0 aliphatic carbocycles. The van der Waals surface area contributed by atoms with Gasteiger partial charge < -0.3 is 10.2 Å². The molecule has 0 heterocycles. The SMILES string of the molecule is CCCCCCC(C)(C)CCSC(CC(=O)O)C(=O)O. The van der Waals surface area contributed by atoms with E-state index in [0.717, 1.165) is 12.8 Å². The number of hydrogen-bond acceptors (Lipinski definition) is 3. The Morgan fingerprint density at radius 1 is 1.10 bits per heavy atom. The molecule has 4 nitrogen and oxygen atoms in total. The van der Waals surface area contributed by atoms with Crippen LogP contribution in [0.2, 0.25) is 0 Å². The van der Waals surface area contributed by atoms with Crippen molar-refractivity contribution in [3.05, 3.63) is 0 Å². The van der Waals surface area contributed by atoms with Crippen molar-refractivity contribution in [3.8, 4) is 0 Å². The second-order valence-electron chi connectivity index (χ2n) is 6.02. The maximum Gasteiger partial charge on any atom is 0.317 e. The Bertz CT molecular complexity index is 302. The van der Waals surface area contributed by atoms with Crippen LogP contribution in [0, 0.1) is 5.41 Å². The monoisotopic (exact) mass is 304 g/mol. The highest BCUT2D eigenvalue weighted by atomic mass is 32.2. The molecule has 0 amide bonds. The van der Waals surface area contributed by atoms with E-state index >= 15 is 0 Å². The smallest absolute Gasteiger partial charge is 0.317 e. The van der Waals surface area contributed by atoms with E-state index in [4.69, 9.17) is 10.2 Å². The molecule has 1 atom stereocenters. The molecule has 1 unspecified atom stereocenters. The largest absolute Gasteiger partial charge is 0.481 e. The lowest BCUT2D eigenvalue weighted by molar-refractivity contribution is -0.142. The molecule has 0 rings (SSSR count). The van der Waals surface area contributed by atoms with E-state index in [1.54, 1.807) is 0 Å². The van der Waals surface area contributed by atoms with Crippen LogP contribution in [0.15, 0.2) is 0 Å². The zero-order valence-corrected chi connectivity index (χ0v) is 13.7. The van der Waals surface area contributed by atoms with Crippen LogP contribution in [-0.4, -0.2) is 33.2 Å². The highest BCUT2D eigenvalue weighted by molar-refractivity contribution is 8.00. The highest BCUT2D eigenvalue weighted by Crippen LogP contribution is 2.30. The van der Waals surface area contributed by atoms with Crippen LogP contribution in [-0.2, 0) is 9.59 Å². The molecule has 0 aliphatic heterocycles. The van der Waals surface area contributed by atoms with E-state index in [2.05, 4.69) is 20.8 Å². The van der Waals surface area contributed by atoms with Crippen LogP contribution < -0.4 is 0 Å². The highest BCUT2D eigenvalue weighted by Gasteiger charge is 2.23. The van der Waals surface area contributed by atoms with Gasteiger partial charge in [0.15, 0.2) is 0 Å². The lowest BCUT2D eigenvalue weighted by atomic mass is 9.84. The Balaban J connectivity index is 3.99. The van der Waals surface area contributed by atoms with E-state index in [9.17, 15) is 9.59 Å². The van der Waals surface area contributed by atoms with Gasteiger partial charge >= 0.3 is 11.9 Å². The van der Waals surface area contributed by atoms with Crippen LogP contribution in [0.5, 0.6) is 0 Å². The molecule has 5 heteroatoms. The molecule has 0 aliphatic rings. The molecule has 0 aromatic heterocycles. The third-order valence-corrected chi connectivity index (χ3v) is 4.65. The molecule has 0 radical (unpaired) electrons. The lowest BCUT2D eigenvalue weighted by Crippen LogP contribution is -2.22. The summed E-state index contributed by atoms with van der Waals surface area (Å²) in [4.78, 5) is 21.6. The summed E-state index contributed by atoms with van der Waals surface area (Å²) in [7, 11) is 0. The van der Waals surface area contributed by atoms with Crippen molar-refractivity contribution < 1.29 is 19.8 Å². The normalized spacial score (nSPS) is 13.2. The van der Waals surface area contributed by atoms with Crippen LogP contribution in [0.4, 0.5) is 0 Å². The molecule has 2 N–H and O–H groups in total. The standard InChI is InChI=1S/C15H28O4S/c1-4-5-6-7-8-15(2,3)9-10-20-12(14(18)19)11-13(16)17/h12H,4-11H2,1-3H3,(H,16,17)(H,18,19). The van der Waals surface area contributed by atoms with E-state index < -0.39 is 17.2 Å². The fourth-order valence-corrected chi connectivity index (χ4v) is 3.37. The van der Waals surface area contributed by atoms with Crippen molar-refractivity contribution in [2.24, 2.45) is 5.41 Å². The maximum atomic E-state index is 11.0. The Morgan fingerprint density at radius 2 is 1.75 bits per heavy atom. The predicted octanol–water partition coefficient (Wildman–Crippen LogP) is 4.03. The lowest BCUT2D eigenvalue weighted by Gasteiger charge is -2.25.